The van der Waals surface area contributed by atoms with E-state index in [1.807, 2.05) is 41.9 Å². The van der Waals surface area contributed by atoms with Gasteiger partial charge in [-0.25, -0.2) is 4.68 Å². The highest BCUT2D eigenvalue weighted by Crippen LogP contribution is 2.36. The maximum Gasteiger partial charge on any atom is 0.252 e. The molecule has 0 amide bonds. The molecule has 0 aliphatic heterocycles. The molecule has 0 radical (unpaired) electrons. The lowest BCUT2D eigenvalue weighted by Crippen LogP contribution is -2.41. The number of aromatic amines is 1. The Morgan fingerprint density at radius 1 is 1.09 bits per heavy atom. The molecule has 35 heavy (non-hydrogen) atoms. The van der Waals surface area contributed by atoms with Crippen LogP contribution in [0.5, 0.6) is 0 Å². The molecule has 7 heteroatoms. The highest BCUT2D eigenvalue weighted by atomic mass is 16.1. The number of fused-ring (bicyclic) bond motifs is 1. The van der Waals surface area contributed by atoms with Gasteiger partial charge in [-0.2, -0.15) is 0 Å². The number of aryl methyl sites for hydroxylation is 1. The van der Waals surface area contributed by atoms with Crippen molar-refractivity contribution in [1.29, 1.82) is 0 Å². The molecule has 0 bridgehead atoms. The van der Waals surface area contributed by atoms with Crippen molar-refractivity contribution in [3.63, 3.8) is 0 Å². The predicted molar refractivity (Wildman–Crippen MR) is 138 cm³/mol. The third-order valence-electron chi connectivity index (χ3n) is 7.30. The Morgan fingerprint density at radius 3 is 2.60 bits per heavy atom. The minimum atomic E-state index is -0.0128. The van der Waals surface area contributed by atoms with E-state index in [4.69, 9.17) is 0 Å². The molecule has 4 aromatic rings. The maximum absolute atomic E-state index is 13.2. The standard InChI is InChI=1S/C28H34N6O/c1-19(2)26(27-30-31-32-34(27)17-21-11-5-4-6-12-21)33(24-14-7-8-15-24)18-23-16-22-13-9-10-20(3)25(22)29-28(23)35/h4-6,9-13,16,19,24,26H,7-8,14-15,17-18H2,1-3H3,(H,29,35)/t26-/m0/s1. The normalized spacial score (nSPS) is 15.5. The number of rotatable bonds is 8. The number of hydrogen-bond acceptors (Lipinski definition) is 5. The van der Waals surface area contributed by atoms with Gasteiger partial charge in [-0.05, 0) is 58.7 Å². The Hall–Kier alpha value is -3.32. The van der Waals surface area contributed by atoms with Gasteiger partial charge in [0.25, 0.3) is 5.56 Å². The second kappa shape index (κ2) is 10.1. The van der Waals surface area contributed by atoms with Crippen LogP contribution in [0.2, 0.25) is 0 Å². The van der Waals surface area contributed by atoms with Crippen molar-refractivity contribution >= 4 is 10.9 Å². The SMILES string of the molecule is Cc1cccc2cc(CN(C3CCCC3)[C@H](c3nnnn3Cc3ccccc3)C(C)C)c(=O)[nH]c12. The number of aromatic nitrogens is 5. The molecule has 1 N–H and O–H groups in total. The Balaban J connectivity index is 1.53. The monoisotopic (exact) mass is 470 g/mol. The van der Waals surface area contributed by atoms with Crippen LogP contribution in [-0.4, -0.2) is 36.1 Å². The molecular weight excluding hydrogens is 436 g/mol. The summed E-state index contributed by atoms with van der Waals surface area (Å²) in [5.41, 5.74) is 3.95. The molecule has 1 saturated carbocycles. The van der Waals surface area contributed by atoms with Gasteiger partial charge in [0.1, 0.15) is 0 Å². The third kappa shape index (κ3) is 4.91. The minimum absolute atomic E-state index is 0.00409. The van der Waals surface area contributed by atoms with Crippen LogP contribution in [0.25, 0.3) is 10.9 Å². The fraction of sp³-hybridized carbons (Fsp3) is 0.429. The van der Waals surface area contributed by atoms with Gasteiger partial charge in [-0.3, -0.25) is 9.69 Å². The lowest BCUT2D eigenvalue weighted by Gasteiger charge is -2.38. The molecule has 0 unspecified atom stereocenters. The molecule has 7 nitrogen and oxygen atoms in total. The molecule has 1 aliphatic rings. The molecule has 2 heterocycles. The number of hydrogen-bond donors (Lipinski definition) is 1. The van der Waals surface area contributed by atoms with Crippen LogP contribution in [0.3, 0.4) is 0 Å². The summed E-state index contributed by atoms with van der Waals surface area (Å²) in [5.74, 6) is 1.14. The summed E-state index contributed by atoms with van der Waals surface area (Å²) in [6, 6.07) is 18.9. The second-order valence-corrected chi connectivity index (χ2v) is 10.1. The van der Waals surface area contributed by atoms with Crippen molar-refractivity contribution in [2.45, 2.75) is 71.6 Å². The number of pyridine rings is 1. The highest BCUT2D eigenvalue weighted by molar-refractivity contribution is 5.81. The zero-order chi connectivity index (χ0) is 24.4. The quantitative estimate of drug-likeness (QED) is 0.391. The van der Waals surface area contributed by atoms with Gasteiger partial charge in [0.05, 0.1) is 18.1 Å². The van der Waals surface area contributed by atoms with E-state index in [1.165, 1.54) is 12.8 Å². The summed E-state index contributed by atoms with van der Waals surface area (Å²) in [6.45, 7) is 7.68. The lowest BCUT2D eigenvalue weighted by atomic mass is 9.97. The van der Waals surface area contributed by atoms with Crippen LogP contribution in [-0.2, 0) is 13.1 Å². The number of nitrogens with one attached hydrogen (secondary N) is 1. The van der Waals surface area contributed by atoms with Crippen molar-refractivity contribution in [3.8, 4) is 0 Å². The van der Waals surface area contributed by atoms with Gasteiger partial charge in [-0.1, -0.05) is 75.2 Å². The summed E-state index contributed by atoms with van der Waals surface area (Å²) in [6.07, 6.45) is 4.70. The van der Waals surface area contributed by atoms with E-state index in [0.717, 1.165) is 46.3 Å². The lowest BCUT2D eigenvalue weighted by molar-refractivity contribution is 0.0844. The predicted octanol–water partition coefficient (Wildman–Crippen LogP) is 5.01. The summed E-state index contributed by atoms with van der Waals surface area (Å²) in [5, 5.41) is 14.0. The average Bonchev–Trinajstić information content (AvgIpc) is 3.53. The molecule has 0 spiro atoms. The van der Waals surface area contributed by atoms with Crippen LogP contribution in [0.1, 0.15) is 68.1 Å². The van der Waals surface area contributed by atoms with Crippen molar-refractivity contribution in [3.05, 3.63) is 87.5 Å². The first kappa shape index (κ1) is 23.4. The number of para-hydroxylation sites is 1. The van der Waals surface area contributed by atoms with Gasteiger partial charge in [0.15, 0.2) is 5.82 Å². The molecule has 0 saturated heterocycles. The molecule has 1 atom stereocenters. The van der Waals surface area contributed by atoms with Crippen molar-refractivity contribution in [2.24, 2.45) is 5.92 Å². The zero-order valence-corrected chi connectivity index (χ0v) is 20.8. The molecule has 182 valence electrons. The first-order chi connectivity index (χ1) is 17.0. The van der Waals surface area contributed by atoms with E-state index in [9.17, 15) is 4.79 Å². The van der Waals surface area contributed by atoms with Crippen LogP contribution >= 0.6 is 0 Å². The van der Waals surface area contributed by atoms with Crippen LogP contribution in [0.15, 0.2) is 59.4 Å². The number of tetrazole rings is 1. The van der Waals surface area contributed by atoms with E-state index in [0.29, 0.717) is 19.1 Å². The zero-order valence-electron chi connectivity index (χ0n) is 20.8. The van der Waals surface area contributed by atoms with Crippen LogP contribution in [0.4, 0.5) is 0 Å². The van der Waals surface area contributed by atoms with Crippen molar-refractivity contribution in [1.82, 2.24) is 30.1 Å². The number of H-pyrrole nitrogens is 1. The second-order valence-electron chi connectivity index (χ2n) is 10.1. The van der Waals surface area contributed by atoms with E-state index >= 15 is 0 Å². The van der Waals surface area contributed by atoms with Gasteiger partial charge in [0.2, 0.25) is 0 Å². The number of nitrogens with zero attached hydrogens (tertiary/aromatic N) is 5. The van der Waals surface area contributed by atoms with E-state index in [-0.39, 0.29) is 17.5 Å². The fourth-order valence-electron chi connectivity index (χ4n) is 5.55. The number of benzene rings is 2. The van der Waals surface area contributed by atoms with Gasteiger partial charge >= 0.3 is 0 Å². The summed E-state index contributed by atoms with van der Waals surface area (Å²) >= 11 is 0. The first-order valence-corrected chi connectivity index (χ1v) is 12.7. The molecular formula is C28H34N6O. The van der Waals surface area contributed by atoms with Crippen LogP contribution in [0, 0.1) is 12.8 Å². The van der Waals surface area contributed by atoms with E-state index < -0.39 is 0 Å². The topological polar surface area (TPSA) is 79.7 Å². The Kier molecular flexibility index (Phi) is 6.77. The van der Waals surface area contributed by atoms with Gasteiger partial charge in [-0.15, -0.1) is 5.10 Å². The van der Waals surface area contributed by atoms with Gasteiger partial charge < -0.3 is 4.98 Å². The molecule has 1 fully saturated rings. The maximum atomic E-state index is 13.2. The van der Waals surface area contributed by atoms with Gasteiger partial charge in [0, 0.05) is 18.2 Å². The Bertz CT molecular complexity index is 1340. The summed E-state index contributed by atoms with van der Waals surface area (Å²) < 4.78 is 1.93. The van der Waals surface area contributed by atoms with Crippen molar-refractivity contribution in [2.75, 3.05) is 0 Å². The molecule has 2 aromatic carbocycles. The van der Waals surface area contributed by atoms with E-state index in [2.05, 4.69) is 63.5 Å². The highest BCUT2D eigenvalue weighted by Gasteiger charge is 2.35. The Labute approximate surface area is 206 Å². The third-order valence-corrected chi connectivity index (χ3v) is 7.30. The summed E-state index contributed by atoms with van der Waals surface area (Å²) in [4.78, 5) is 18.8. The summed E-state index contributed by atoms with van der Waals surface area (Å²) in [7, 11) is 0. The first-order valence-electron chi connectivity index (χ1n) is 12.7. The largest absolute Gasteiger partial charge is 0.321 e. The van der Waals surface area contributed by atoms with Crippen molar-refractivity contribution < 1.29 is 0 Å². The molecule has 2 aromatic heterocycles. The average molecular weight is 471 g/mol. The molecule has 1 aliphatic carbocycles. The van der Waals surface area contributed by atoms with Crippen LogP contribution < -0.4 is 5.56 Å². The smallest absolute Gasteiger partial charge is 0.252 e. The molecule has 5 rings (SSSR count). The fourth-order valence-corrected chi connectivity index (χ4v) is 5.55. The Morgan fingerprint density at radius 2 is 1.86 bits per heavy atom. The van der Waals surface area contributed by atoms with E-state index in [1.54, 1.807) is 0 Å². The minimum Gasteiger partial charge on any atom is -0.321 e.